The first-order chi connectivity index (χ1) is 5.00. The van der Waals surface area contributed by atoms with Crippen LogP contribution in [-0.2, 0) is 22.4 Å². The Kier molecular flexibility index (Phi) is 33.3. The Hall–Kier alpha value is 0.740. The summed E-state index contributed by atoms with van der Waals surface area (Å²) >= 11 is 0. The molecule has 2 saturated carbocycles. The van der Waals surface area contributed by atoms with Crippen molar-refractivity contribution >= 4 is 0 Å². The minimum absolute atomic E-state index is 0. The molecule has 2 aliphatic rings. The fourth-order valence-corrected chi connectivity index (χ4v) is 1.77. The molecule has 0 aromatic heterocycles. The van der Waals surface area contributed by atoms with Crippen LogP contribution in [0.4, 0.5) is 0 Å². The predicted molar refractivity (Wildman–Crippen MR) is 65.4 cm³/mol. The standard InChI is InChI=1S/2C5H10.3CH3.Ta/c2*1-2-4-5-3-1;;;;/h2*1-5H2;3*1H3;/q;;3*-1;+5. The molecule has 14 heavy (non-hydrogen) atoms. The van der Waals surface area contributed by atoms with Gasteiger partial charge in [0.25, 0.3) is 0 Å². The van der Waals surface area contributed by atoms with Crippen LogP contribution in [0, 0.1) is 22.3 Å². The second-order valence-corrected chi connectivity index (χ2v) is 3.54. The molecule has 84 valence electrons. The van der Waals surface area contributed by atoms with Crippen molar-refractivity contribution < 1.29 is 22.4 Å². The zero-order chi connectivity index (χ0) is 7.07. The van der Waals surface area contributed by atoms with Gasteiger partial charge in [-0.1, -0.05) is 64.2 Å². The number of hydrogen-bond donors (Lipinski definition) is 0. The molecular weight excluding hydrogens is 337 g/mol. The molecular formula is C13H29Ta+2. The van der Waals surface area contributed by atoms with Gasteiger partial charge in [-0.3, -0.25) is 0 Å². The van der Waals surface area contributed by atoms with E-state index in [1.54, 1.807) is 0 Å². The quantitative estimate of drug-likeness (QED) is 0.514. The van der Waals surface area contributed by atoms with E-state index >= 15 is 0 Å². The maximum atomic E-state index is 1.50. The van der Waals surface area contributed by atoms with Gasteiger partial charge in [-0.25, -0.2) is 0 Å². The maximum Gasteiger partial charge on any atom is 5.00 e. The first-order valence-electron chi connectivity index (χ1n) is 5.00. The molecule has 0 N–H and O–H groups in total. The fraction of sp³-hybridized carbons (Fsp3) is 0.769. The molecule has 0 unspecified atom stereocenters. The average Bonchev–Trinajstić information content (AvgIpc) is 2.67. The first-order valence-corrected chi connectivity index (χ1v) is 5.00. The van der Waals surface area contributed by atoms with Gasteiger partial charge in [-0.05, 0) is 0 Å². The summed E-state index contributed by atoms with van der Waals surface area (Å²) in [5.74, 6) is 0. The summed E-state index contributed by atoms with van der Waals surface area (Å²) in [6, 6.07) is 0. The van der Waals surface area contributed by atoms with Crippen LogP contribution in [0.5, 0.6) is 0 Å². The van der Waals surface area contributed by atoms with Crippen LogP contribution in [0.2, 0.25) is 0 Å². The monoisotopic (exact) mass is 366 g/mol. The van der Waals surface area contributed by atoms with Gasteiger partial charge in [-0.2, -0.15) is 0 Å². The number of rotatable bonds is 0. The van der Waals surface area contributed by atoms with Crippen molar-refractivity contribution in [2.24, 2.45) is 0 Å². The van der Waals surface area contributed by atoms with E-state index in [2.05, 4.69) is 0 Å². The van der Waals surface area contributed by atoms with Gasteiger partial charge in [0, 0.05) is 0 Å². The molecule has 0 aromatic rings. The van der Waals surface area contributed by atoms with Gasteiger partial charge in [0.15, 0.2) is 0 Å². The Morgan fingerprint density at radius 3 is 0.429 bits per heavy atom. The number of hydrogen-bond acceptors (Lipinski definition) is 0. The van der Waals surface area contributed by atoms with Crippen molar-refractivity contribution in [1.29, 1.82) is 0 Å². The normalized spacial score (nSPS) is 17.1. The Morgan fingerprint density at radius 2 is 0.357 bits per heavy atom. The largest absolute Gasteiger partial charge is 5.00 e. The SMILES string of the molecule is C1CCCC1.C1CCCC1.[CH3-].[CH3-].[CH3-].[Ta+5]. The van der Waals surface area contributed by atoms with Crippen LogP contribution in [-0.4, -0.2) is 0 Å². The predicted octanol–water partition coefficient (Wildman–Crippen LogP) is 5.25. The Morgan fingerprint density at radius 1 is 0.286 bits per heavy atom. The Labute approximate surface area is 109 Å². The van der Waals surface area contributed by atoms with Crippen LogP contribution < -0.4 is 0 Å². The van der Waals surface area contributed by atoms with E-state index in [1.807, 2.05) is 0 Å². The van der Waals surface area contributed by atoms with Gasteiger partial charge in [-0.15, -0.1) is 0 Å². The minimum atomic E-state index is 0. The molecule has 0 spiro atoms. The van der Waals surface area contributed by atoms with Gasteiger partial charge < -0.3 is 22.3 Å². The average molecular weight is 366 g/mol. The van der Waals surface area contributed by atoms with Gasteiger partial charge in [0.1, 0.15) is 0 Å². The minimum Gasteiger partial charge on any atom is -0.358 e. The van der Waals surface area contributed by atoms with E-state index in [0.29, 0.717) is 0 Å². The molecule has 0 aromatic carbocycles. The molecule has 0 heterocycles. The van der Waals surface area contributed by atoms with Gasteiger partial charge in [0.2, 0.25) is 0 Å². The summed E-state index contributed by atoms with van der Waals surface area (Å²) in [6.07, 6.45) is 15.0. The fourth-order valence-electron chi connectivity index (χ4n) is 1.77. The van der Waals surface area contributed by atoms with Gasteiger partial charge in [0.05, 0.1) is 0 Å². The van der Waals surface area contributed by atoms with Crippen LogP contribution in [0.3, 0.4) is 0 Å². The van der Waals surface area contributed by atoms with E-state index in [0.717, 1.165) is 0 Å². The van der Waals surface area contributed by atoms with Crippen molar-refractivity contribution in [2.75, 3.05) is 0 Å². The molecule has 0 radical (unpaired) electrons. The second kappa shape index (κ2) is 19.3. The summed E-state index contributed by atoms with van der Waals surface area (Å²) in [4.78, 5) is 0. The van der Waals surface area contributed by atoms with Crippen molar-refractivity contribution in [1.82, 2.24) is 0 Å². The second-order valence-electron chi connectivity index (χ2n) is 3.54. The van der Waals surface area contributed by atoms with Crippen LogP contribution in [0.1, 0.15) is 64.2 Å². The summed E-state index contributed by atoms with van der Waals surface area (Å²) in [5.41, 5.74) is 0. The molecule has 0 amide bonds. The maximum absolute atomic E-state index is 1.50. The molecule has 0 atom stereocenters. The molecule has 0 saturated heterocycles. The van der Waals surface area contributed by atoms with Crippen molar-refractivity contribution in [3.8, 4) is 0 Å². The van der Waals surface area contributed by atoms with E-state index in [-0.39, 0.29) is 44.7 Å². The topological polar surface area (TPSA) is 0 Å². The summed E-state index contributed by atoms with van der Waals surface area (Å²) in [5, 5.41) is 0. The van der Waals surface area contributed by atoms with Crippen molar-refractivity contribution in [3.63, 3.8) is 0 Å². The van der Waals surface area contributed by atoms with Crippen LogP contribution >= 0.6 is 0 Å². The Balaban J connectivity index is -0.0000000556. The molecule has 0 aliphatic heterocycles. The van der Waals surface area contributed by atoms with E-state index < -0.39 is 0 Å². The van der Waals surface area contributed by atoms with E-state index in [1.165, 1.54) is 64.2 Å². The summed E-state index contributed by atoms with van der Waals surface area (Å²) in [7, 11) is 0. The molecule has 2 fully saturated rings. The molecule has 1 heteroatoms. The Bertz CT molecular complexity index is 38.4. The third-order valence-corrected chi connectivity index (χ3v) is 2.50. The first kappa shape index (κ1) is 24.1. The summed E-state index contributed by atoms with van der Waals surface area (Å²) < 4.78 is 0. The van der Waals surface area contributed by atoms with Crippen LogP contribution in [0.15, 0.2) is 0 Å². The van der Waals surface area contributed by atoms with Crippen LogP contribution in [0.25, 0.3) is 0 Å². The third kappa shape index (κ3) is 15.2. The zero-order valence-corrected chi connectivity index (χ0v) is 13.7. The smallest absolute Gasteiger partial charge is 0.358 e. The van der Waals surface area contributed by atoms with E-state index in [4.69, 9.17) is 0 Å². The molecule has 2 rings (SSSR count). The van der Waals surface area contributed by atoms with E-state index in [9.17, 15) is 0 Å². The third-order valence-electron chi connectivity index (χ3n) is 2.50. The molecule has 2 aliphatic carbocycles. The van der Waals surface area contributed by atoms with Gasteiger partial charge >= 0.3 is 22.4 Å². The zero-order valence-electron chi connectivity index (χ0n) is 10.5. The molecule has 0 nitrogen and oxygen atoms in total. The van der Waals surface area contributed by atoms with Crippen molar-refractivity contribution in [2.45, 2.75) is 64.2 Å². The summed E-state index contributed by atoms with van der Waals surface area (Å²) in [6.45, 7) is 0. The molecule has 0 bridgehead atoms. The van der Waals surface area contributed by atoms with Crippen molar-refractivity contribution in [3.05, 3.63) is 22.3 Å².